The van der Waals surface area contributed by atoms with Crippen molar-refractivity contribution in [1.82, 2.24) is 10.2 Å². The average molecular weight is 847 g/mol. The zero-order valence-corrected chi connectivity index (χ0v) is 37.3. The molecule has 1 aromatic carbocycles. The second kappa shape index (κ2) is 21.1. The minimum atomic E-state index is -1.74. The number of aliphatic hydroxyl groups is 3. The molecule has 338 valence electrons. The van der Waals surface area contributed by atoms with Crippen LogP contribution in [-0.2, 0) is 44.5 Å². The van der Waals surface area contributed by atoms with Crippen LogP contribution in [-0.4, -0.2) is 139 Å². The van der Waals surface area contributed by atoms with E-state index >= 15 is 0 Å². The molecule has 1 aromatic rings. The summed E-state index contributed by atoms with van der Waals surface area (Å²) in [5.74, 6) is -3.92. The lowest BCUT2D eigenvalue weighted by molar-refractivity contribution is -0.303. The maximum absolute atomic E-state index is 13.9. The van der Waals surface area contributed by atoms with Crippen LogP contribution in [0.25, 0.3) is 0 Å². The number of esters is 2. The number of carbonyl (C=O) groups excluding carboxylic acids is 3. The van der Waals surface area contributed by atoms with Gasteiger partial charge in [0, 0.05) is 24.4 Å². The van der Waals surface area contributed by atoms with Crippen LogP contribution >= 0.6 is 0 Å². The highest BCUT2D eigenvalue weighted by atomic mass is 16.7. The number of nitrogens with zero attached hydrogens (tertiary/aromatic N) is 1. The fourth-order valence-electron chi connectivity index (χ4n) is 9.14. The number of fused-ring (bicyclic) bond motifs is 5. The van der Waals surface area contributed by atoms with Gasteiger partial charge in [0.05, 0.1) is 61.8 Å². The molecule has 2 unspecified atom stereocenters. The van der Waals surface area contributed by atoms with Gasteiger partial charge in [-0.25, -0.2) is 9.59 Å². The maximum Gasteiger partial charge on any atom is 0.407 e. The first-order chi connectivity index (χ1) is 28.1. The first-order valence-corrected chi connectivity index (χ1v) is 21.1. The minimum absolute atomic E-state index is 0.00402. The molecular weight excluding hydrogens is 776 g/mol. The second-order valence-electron chi connectivity index (χ2n) is 17.7. The van der Waals surface area contributed by atoms with E-state index in [4.69, 9.17) is 33.2 Å². The Morgan fingerprint density at radius 1 is 1.07 bits per heavy atom. The second-order valence-corrected chi connectivity index (χ2v) is 17.7. The number of amides is 1. The Kier molecular flexibility index (Phi) is 17.3. The van der Waals surface area contributed by atoms with Gasteiger partial charge in [-0.05, 0) is 96.3 Å². The minimum Gasteiger partial charge on any atom is -0.465 e. The number of hydrogen-bond donors (Lipinski definition) is 4. The summed E-state index contributed by atoms with van der Waals surface area (Å²) in [6, 6.07) is 6.42. The van der Waals surface area contributed by atoms with Gasteiger partial charge in [0.2, 0.25) is 0 Å². The number of methoxy groups -OCH3 is 1. The highest BCUT2D eigenvalue weighted by Gasteiger charge is 2.52. The molecule has 15 heteroatoms. The molecule has 0 saturated carbocycles. The molecule has 0 aromatic heterocycles. The predicted molar refractivity (Wildman–Crippen MR) is 223 cm³/mol. The lowest BCUT2D eigenvalue weighted by Gasteiger charge is -2.48. The third kappa shape index (κ3) is 11.7. The zero-order valence-electron chi connectivity index (χ0n) is 37.3. The molecule has 1 amide bonds. The molecule has 14 atom stereocenters. The molecule has 2 bridgehead atoms. The monoisotopic (exact) mass is 846 g/mol. The SMILES string of the molecule is C=C1COC2[C@@H](C)/C(=C/COC(=O)NCc3cccc(C(=O)OC)c3)[C@H](C)C[C@@](C)(OC1)[C@H](OC1O[C@H](C)C[C@H](N(C)C)[C@H]1O)[C@@H](C)[C@H](O)[C@@H](C)C(=O)O[C@H](CC)[C@@]2(C)O. The van der Waals surface area contributed by atoms with Crippen molar-refractivity contribution >= 4 is 18.0 Å². The lowest BCUT2D eigenvalue weighted by atomic mass is 9.72. The van der Waals surface area contributed by atoms with E-state index in [1.54, 1.807) is 58.0 Å². The van der Waals surface area contributed by atoms with Crippen molar-refractivity contribution in [3.63, 3.8) is 0 Å². The number of hydrogen-bond acceptors (Lipinski definition) is 14. The molecule has 4 N–H and O–H groups in total. The summed E-state index contributed by atoms with van der Waals surface area (Å²) in [5, 5.41) is 38.8. The van der Waals surface area contributed by atoms with Crippen molar-refractivity contribution in [1.29, 1.82) is 0 Å². The van der Waals surface area contributed by atoms with Crippen molar-refractivity contribution in [2.75, 3.05) is 41.0 Å². The third-order valence-electron chi connectivity index (χ3n) is 12.6. The van der Waals surface area contributed by atoms with Crippen LogP contribution in [0.2, 0.25) is 0 Å². The molecular formula is C45H70N2O13. The quantitative estimate of drug-likeness (QED) is 0.154. The number of carbonyl (C=O) groups is 3. The van der Waals surface area contributed by atoms with Crippen LogP contribution in [0.4, 0.5) is 4.79 Å². The Bertz CT molecular complexity index is 1670. The third-order valence-corrected chi connectivity index (χ3v) is 12.6. The zero-order chi connectivity index (χ0) is 44.7. The molecule has 3 aliphatic heterocycles. The van der Waals surface area contributed by atoms with Crippen LogP contribution in [0.5, 0.6) is 0 Å². The van der Waals surface area contributed by atoms with Crippen LogP contribution in [0.1, 0.15) is 90.6 Å². The molecule has 3 saturated heterocycles. The molecule has 0 radical (unpaired) electrons. The number of cyclic esters (lactones) is 1. The molecule has 4 rings (SSSR count). The number of rotatable bonds is 9. The van der Waals surface area contributed by atoms with Crippen molar-refractivity contribution in [2.45, 2.75) is 141 Å². The van der Waals surface area contributed by atoms with E-state index in [-0.39, 0.29) is 57.3 Å². The van der Waals surface area contributed by atoms with Crippen LogP contribution in [0.3, 0.4) is 0 Å². The number of likely N-dealkylation sites (N-methyl/N-ethyl adjacent to an activating group) is 1. The standard InChI is InChI=1S/C45H70N2O13/c1-13-35-45(9,53)39-28(5)33(17-18-55-43(52)46-22-31-15-14-16-32(20-31)41(51)54-12)26(3)21-44(8,57-24-25(2)23-56-39)38(29(6)36(48)30(7)40(50)59-35)60-42-37(49)34(47(10)11)19-27(4)58-42/h14-17,20,26-30,34-39,42,48-49,53H,2,13,18-19,21-24H2,1,3-12H3,(H,46,52)/b33-17+/t26-,27-,28+,29+,30-,34+,35-,36+,37-,38-,39?,42?,44-,45-/m1/s1. The first kappa shape index (κ1) is 49.2. The van der Waals surface area contributed by atoms with Gasteiger partial charge < -0.3 is 58.7 Å². The highest BCUT2D eigenvalue weighted by molar-refractivity contribution is 5.89. The summed E-state index contributed by atoms with van der Waals surface area (Å²) >= 11 is 0. The number of nitrogens with one attached hydrogen (secondary N) is 1. The molecule has 15 nitrogen and oxygen atoms in total. The average Bonchev–Trinajstić information content (AvgIpc) is 3.22. The van der Waals surface area contributed by atoms with Gasteiger partial charge >= 0.3 is 18.0 Å². The van der Waals surface area contributed by atoms with E-state index in [0.29, 0.717) is 23.1 Å². The van der Waals surface area contributed by atoms with Gasteiger partial charge in [-0.1, -0.05) is 52.0 Å². The van der Waals surface area contributed by atoms with Gasteiger partial charge in [-0.15, -0.1) is 0 Å². The molecule has 3 heterocycles. The fraction of sp³-hybridized carbons (Fsp3) is 0.711. The van der Waals surface area contributed by atoms with Crippen molar-refractivity contribution in [3.8, 4) is 0 Å². The van der Waals surface area contributed by atoms with Gasteiger partial charge in [0.1, 0.15) is 24.4 Å². The molecule has 0 aliphatic carbocycles. The first-order valence-electron chi connectivity index (χ1n) is 21.1. The smallest absolute Gasteiger partial charge is 0.407 e. The van der Waals surface area contributed by atoms with Gasteiger partial charge in [-0.2, -0.15) is 0 Å². The number of alkyl carbamates (subject to hydrolysis) is 1. The number of ether oxygens (including phenoxy) is 7. The van der Waals surface area contributed by atoms with E-state index < -0.39 is 83.8 Å². The largest absolute Gasteiger partial charge is 0.465 e. The predicted octanol–water partition coefficient (Wildman–Crippen LogP) is 4.55. The van der Waals surface area contributed by atoms with E-state index in [1.165, 1.54) is 7.11 Å². The van der Waals surface area contributed by atoms with Crippen molar-refractivity contribution in [2.24, 2.45) is 23.7 Å². The lowest BCUT2D eigenvalue weighted by Crippen LogP contribution is -2.60. The van der Waals surface area contributed by atoms with Gasteiger partial charge in [-0.3, -0.25) is 4.79 Å². The summed E-state index contributed by atoms with van der Waals surface area (Å²) in [4.78, 5) is 40.9. The molecule has 3 fully saturated rings. The Labute approximate surface area is 355 Å². The normalized spacial score (nSPS) is 38.0. The van der Waals surface area contributed by atoms with E-state index in [0.717, 1.165) is 5.57 Å². The van der Waals surface area contributed by atoms with Crippen LogP contribution in [0, 0.1) is 23.7 Å². The fourth-order valence-corrected chi connectivity index (χ4v) is 9.14. The Morgan fingerprint density at radius 3 is 2.42 bits per heavy atom. The van der Waals surface area contributed by atoms with Crippen molar-refractivity contribution in [3.05, 3.63) is 59.2 Å². The topological polar surface area (TPSA) is 192 Å². The summed E-state index contributed by atoms with van der Waals surface area (Å²) in [5.41, 5.74) is -0.610. The van der Waals surface area contributed by atoms with Gasteiger partial charge in [0.25, 0.3) is 0 Å². The van der Waals surface area contributed by atoms with Crippen LogP contribution in [0.15, 0.2) is 48.1 Å². The summed E-state index contributed by atoms with van der Waals surface area (Å²) in [6.45, 7) is 18.6. The van der Waals surface area contributed by atoms with E-state index in [1.807, 2.05) is 46.7 Å². The molecule has 60 heavy (non-hydrogen) atoms. The summed E-state index contributed by atoms with van der Waals surface area (Å²) in [7, 11) is 5.07. The van der Waals surface area contributed by atoms with Crippen LogP contribution < -0.4 is 5.32 Å². The molecule has 0 spiro atoms. The summed E-state index contributed by atoms with van der Waals surface area (Å²) in [6.07, 6.45) is -4.49. The maximum atomic E-state index is 13.9. The van der Waals surface area contributed by atoms with Crippen molar-refractivity contribution < 1.29 is 62.9 Å². The van der Waals surface area contributed by atoms with Gasteiger partial charge in [0.15, 0.2) is 6.29 Å². The number of aliphatic hydroxyl groups excluding tert-OH is 2. The Balaban J connectivity index is 1.78. The highest BCUT2D eigenvalue weighted by Crippen LogP contribution is 2.43. The van der Waals surface area contributed by atoms with E-state index in [9.17, 15) is 29.7 Å². The molecule has 3 aliphatic rings. The Hall–Kier alpha value is -3.41. The number of benzene rings is 1. The Morgan fingerprint density at radius 2 is 1.77 bits per heavy atom. The summed E-state index contributed by atoms with van der Waals surface area (Å²) < 4.78 is 42.9. The van der Waals surface area contributed by atoms with E-state index in [2.05, 4.69) is 11.9 Å².